The average molecular weight is 342 g/mol. The van der Waals surface area contributed by atoms with E-state index in [-0.39, 0.29) is 24.1 Å². The first-order valence-corrected chi connectivity index (χ1v) is 8.40. The summed E-state index contributed by atoms with van der Waals surface area (Å²) in [5.74, 6) is -0.621. The number of aryl methyl sites for hydroxylation is 1. The van der Waals surface area contributed by atoms with Crippen LogP contribution in [0.2, 0.25) is 0 Å². The zero-order valence-electron chi connectivity index (χ0n) is 14.7. The minimum atomic E-state index is -0.897. The van der Waals surface area contributed by atoms with Gasteiger partial charge in [0.15, 0.2) is 0 Å². The Kier molecular flexibility index (Phi) is 4.37. The fourth-order valence-corrected chi connectivity index (χ4v) is 3.34. The Balaban J connectivity index is 1.85. The average Bonchev–Trinajstić information content (AvgIpc) is 3.20. The summed E-state index contributed by atoms with van der Waals surface area (Å²) in [6, 6.07) is 9.38. The lowest BCUT2D eigenvalue weighted by molar-refractivity contribution is -0.150. The van der Waals surface area contributed by atoms with Gasteiger partial charge in [-0.3, -0.25) is 9.59 Å². The Bertz CT molecular complexity index is 797. The molecule has 0 spiro atoms. The fourth-order valence-electron chi connectivity index (χ4n) is 3.34. The molecule has 132 valence electrons. The highest BCUT2D eigenvalue weighted by atomic mass is 16.4. The molecule has 2 heterocycles. The molecule has 1 aliphatic rings. The molecule has 6 nitrogen and oxygen atoms in total. The highest BCUT2D eigenvalue weighted by molar-refractivity contribution is 5.93. The third kappa shape index (κ3) is 2.92. The molecule has 0 bridgehead atoms. The third-order valence-corrected chi connectivity index (χ3v) is 5.13. The minimum absolute atomic E-state index is 0.0569. The van der Waals surface area contributed by atoms with Crippen molar-refractivity contribution in [3.63, 3.8) is 0 Å². The number of aromatic nitrogens is 1. The van der Waals surface area contributed by atoms with E-state index in [9.17, 15) is 14.7 Å². The van der Waals surface area contributed by atoms with Crippen LogP contribution in [-0.2, 0) is 4.79 Å². The van der Waals surface area contributed by atoms with E-state index in [0.717, 1.165) is 5.56 Å². The molecule has 1 aromatic carbocycles. The summed E-state index contributed by atoms with van der Waals surface area (Å²) in [5.41, 5.74) is 0.417. The maximum atomic E-state index is 12.8. The van der Waals surface area contributed by atoms with Gasteiger partial charge in [-0.15, -0.1) is 0 Å². The van der Waals surface area contributed by atoms with Crippen molar-refractivity contribution in [2.24, 2.45) is 11.3 Å². The molecule has 1 fully saturated rings. The van der Waals surface area contributed by atoms with Crippen LogP contribution in [0.1, 0.15) is 36.5 Å². The van der Waals surface area contributed by atoms with Crippen LogP contribution in [0.5, 0.6) is 0 Å². The lowest BCUT2D eigenvalue weighted by Crippen LogP contribution is -2.40. The molecule has 0 saturated carbocycles. The standard InChI is InChI=1S/C19H22N2O4/c1-12(2)19(18(23)24)9-10-21(11-19)17(22)15-13(3)20-16(25-15)14-7-5-4-6-8-14/h4-8,12H,9-11H2,1-3H3,(H,23,24). The smallest absolute Gasteiger partial charge is 0.311 e. The summed E-state index contributed by atoms with van der Waals surface area (Å²) in [6.45, 7) is 6.10. The Morgan fingerprint density at radius 2 is 1.96 bits per heavy atom. The molecule has 1 N–H and O–H groups in total. The van der Waals surface area contributed by atoms with Gasteiger partial charge in [0.2, 0.25) is 11.7 Å². The van der Waals surface area contributed by atoms with Gasteiger partial charge in [-0.25, -0.2) is 4.98 Å². The number of aliphatic carboxylic acids is 1. The first kappa shape index (κ1) is 17.2. The number of carbonyl (C=O) groups excluding carboxylic acids is 1. The fraction of sp³-hybridized carbons (Fsp3) is 0.421. The van der Waals surface area contributed by atoms with E-state index in [0.29, 0.717) is 24.6 Å². The van der Waals surface area contributed by atoms with Crippen LogP contribution in [0.15, 0.2) is 34.7 Å². The van der Waals surface area contributed by atoms with E-state index >= 15 is 0 Å². The predicted molar refractivity (Wildman–Crippen MR) is 92.1 cm³/mol. The molecule has 25 heavy (non-hydrogen) atoms. The molecule has 6 heteroatoms. The molecule has 1 aromatic heterocycles. The summed E-state index contributed by atoms with van der Waals surface area (Å²) in [6.07, 6.45) is 0.449. The summed E-state index contributed by atoms with van der Waals surface area (Å²) in [7, 11) is 0. The Labute approximate surface area is 146 Å². The van der Waals surface area contributed by atoms with Crippen molar-refractivity contribution >= 4 is 11.9 Å². The molecule has 1 amide bonds. The first-order chi connectivity index (χ1) is 11.8. The quantitative estimate of drug-likeness (QED) is 0.922. The number of rotatable bonds is 4. The van der Waals surface area contributed by atoms with Crippen LogP contribution in [0.4, 0.5) is 0 Å². The van der Waals surface area contributed by atoms with E-state index in [2.05, 4.69) is 4.98 Å². The highest BCUT2D eigenvalue weighted by Gasteiger charge is 2.49. The molecule has 1 atom stereocenters. The number of hydrogen-bond donors (Lipinski definition) is 1. The second kappa shape index (κ2) is 6.35. The van der Waals surface area contributed by atoms with E-state index < -0.39 is 11.4 Å². The van der Waals surface area contributed by atoms with E-state index in [1.165, 1.54) is 0 Å². The maximum Gasteiger partial charge on any atom is 0.311 e. The molecule has 0 aliphatic carbocycles. The Hall–Kier alpha value is -2.63. The number of benzene rings is 1. The summed E-state index contributed by atoms with van der Waals surface area (Å²) in [5, 5.41) is 9.64. The van der Waals surface area contributed by atoms with Crippen LogP contribution in [0, 0.1) is 18.3 Å². The van der Waals surface area contributed by atoms with Crippen LogP contribution in [0.3, 0.4) is 0 Å². The van der Waals surface area contributed by atoms with E-state index in [1.54, 1.807) is 11.8 Å². The zero-order valence-corrected chi connectivity index (χ0v) is 14.7. The SMILES string of the molecule is Cc1nc(-c2ccccc2)oc1C(=O)N1CCC(C(=O)O)(C(C)C)C1. The van der Waals surface area contributed by atoms with Crippen LogP contribution in [0.25, 0.3) is 11.5 Å². The van der Waals surface area contributed by atoms with Crippen LogP contribution < -0.4 is 0 Å². The number of amides is 1. The lowest BCUT2D eigenvalue weighted by atomic mass is 9.76. The number of carboxylic acid groups (broad SMARTS) is 1. The lowest BCUT2D eigenvalue weighted by Gasteiger charge is -2.28. The first-order valence-electron chi connectivity index (χ1n) is 8.40. The molecular formula is C19H22N2O4. The number of hydrogen-bond acceptors (Lipinski definition) is 4. The van der Waals surface area contributed by atoms with Gasteiger partial charge in [-0.2, -0.15) is 0 Å². The molecular weight excluding hydrogens is 320 g/mol. The number of carbonyl (C=O) groups is 2. The van der Waals surface area contributed by atoms with E-state index in [1.807, 2.05) is 44.2 Å². The molecule has 1 saturated heterocycles. The van der Waals surface area contributed by atoms with Crippen LogP contribution >= 0.6 is 0 Å². The highest BCUT2D eigenvalue weighted by Crippen LogP contribution is 2.39. The Morgan fingerprint density at radius 1 is 1.28 bits per heavy atom. The molecule has 1 aliphatic heterocycles. The summed E-state index contributed by atoms with van der Waals surface area (Å²) < 4.78 is 5.71. The maximum absolute atomic E-state index is 12.8. The van der Waals surface area contributed by atoms with Gasteiger partial charge in [0, 0.05) is 18.7 Å². The molecule has 2 aromatic rings. The van der Waals surface area contributed by atoms with Crippen LogP contribution in [-0.4, -0.2) is 40.0 Å². The van der Waals surface area contributed by atoms with Gasteiger partial charge in [-0.05, 0) is 31.4 Å². The molecule has 0 radical (unpaired) electrons. The number of oxazole rings is 1. The van der Waals surface area contributed by atoms with Gasteiger partial charge in [0.05, 0.1) is 11.1 Å². The van der Waals surface area contributed by atoms with Crippen molar-refractivity contribution in [2.45, 2.75) is 27.2 Å². The molecule has 1 unspecified atom stereocenters. The second-order valence-electron chi connectivity index (χ2n) is 6.89. The van der Waals surface area contributed by atoms with Crippen molar-refractivity contribution in [2.75, 3.05) is 13.1 Å². The summed E-state index contributed by atoms with van der Waals surface area (Å²) in [4.78, 5) is 30.5. The Morgan fingerprint density at radius 3 is 2.52 bits per heavy atom. The number of likely N-dealkylation sites (tertiary alicyclic amines) is 1. The van der Waals surface area contributed by atoms with E-state index in [4.69, 9.17) is 4.42 Å². The van der Waals surface area contributed by atoms with Gasteiger partial charge < -0.3 is 14.4 Å². The number of nitrogens with zero attached hydrogens (tertiary/aromatic N) is 2. The largest absolute Gasteiger partial charge is 0.481 e. The van der Waals surface area contributed by atoms with Gasteiger partial charge in [-0.1, -0.05) is 32.0 Å². The van der Waals surface area contributed by atoms with Crippen molar-refractivity contribution in [3.8, 4) is 11.5 Å². The van der Waals surface area contributed by atoms with Crippen molar-refractivity contribution < 1.29 is 19.1 Å². The monoisotopic (exact) mass is 342 g/mol. The number of carboxylic acids is 1. The van der Waals surface area contributed by atoms with Crippen molar-refractivity contribution in [1.82, 2.24) is 9.88 Å². The van der Waals surface area contributed by atoms with Crippen molar-refractivity contribution in [3.05, 3.63) is 41.8 Å². The predicted octanol–water partition coefficient (Wildman–Crippen LogP) is 3.22. The summed E-state index contributed by atoms with van der Waals surface area (Å²) >= 11 is 0. The van der Waals surface area contributed by atoms with Gasteiger partial charge in [0.25, 0.3) is 5.91 Å². The van der Waals surface area contributed by atoms with Gasteiger partial charge in [0.1, 0.15) is 0 Å². The molecule has 3 rings (SSSR count). The van der Waals surface area contributed by atoms with Gasteiger partial charge >= 0.3 is 5.97 Å². The second-order valence-corrected chi connectivity index (χ2v) is 6.89. The third-order valence-electron chi connectivity index (χ3n) is 5.13. The normalized spacial score (nSPS) is 20.2. The topological polar surface area (TPSA) is 83.6 Å². The van der Waals surface area contributed by atoms with Crippen molar-refractivity contribution in [1.29, 1.82) is 0 Å². The minimum Gasteiger partial charge on any atom is -0.481 e. The zero-order chi connectivity index (χ0) is 18.2.